The van der Waals surface area contributed by atoms with Crippen molar-refractivity contribution in [1.29, 1.82) is 0 Å². The molecule has 0 amide bonds. The molecule has 0 radical (unpaired) electrons. The molecule has 0 bridgehead atoms. The zero-order valence-corrected chi connectivity index (χ0v) is 25.4. The molecule has 1 aliphatic carbocycles. The van der Waals surface area contributed by atoms with Crippen LogP contribution < -0.4 is 0 Å². The molecule has 4 rings (SSSR count). The van der Waals surface area contributed by atoms with Crippen molar-refractivity contribution >= 4 is 34.0 Å². The third kappa shape index (κ3) is 8.67. The fraction of sp³-hybridized carbons (Fsp3) is 0.667. The van der Waals surface area contributed by atoms with Gasteiger partial charge in [-0.15, -0.1) is 34.0 Å². The van der Waals surface area contributed by atoms with Crippen molar-refractivity contribution in [3.63, 3.8) is 0 Å². The van der Waals surface area contributed by atoms with Gasteiger partial charge in [0.1, 0.15) is 0 Å². The third-order valence-corrected chi connectivity index (χ3v) is 10.1. The SMILES string of the molecule is CC(C)c1nc(CO)c(C2CC2)s1.CCc1sc(C(C)C)nc1CO.Cc1sc(C(C)C)nc1CO. The van der Waals surface area contributed by atoms with Crippen LogP contribution in [0.3, 0.4) is 0 Å². The van der Waals surface area contributed by atoms with Crippen LogP contribution in [-0.4, -0.2) is 30.3 Å². The van der Waals surface area contributed by atoms with E-state index in [9.17, 15) is 0 Å². The molecule has 0 spiro atoms. The van der Waals surface area contributed by atoms with E-state index >= 15 is 0 Å². The van der Waals surface area contributed by atoms with E-state index in [1.807, 2.05) is 6.92 Å². The molecule has 3 aromatic rings. The number of aromatic nitrogens is 3. The van der Waals surface area contributed by atoms with Crippen LogP contribution in [0.25, 0.3) is 0 Å². The third-order valence-electron chi connectivity index (χ3n) is 5.65. The molecule has 9 heteroatoms. The summed E-state index contributed by atoms with van der Waals surface area (Å²) in [6.45, 7) is 17.1. The summed E-state index contributed by atoms with van der Waals surface area (Å²) in [5, 5.41) is 30.4. The molecule has 1 fully saturated rings. The highest BCUT2D eigenvalue weighted by atomic mass is 32.1. The van der Waals surface area contributed by atoms with Crippen molar-refractivity contribution in [2.24, 2.45) is 0 Å². The van der Waals surface area contributed by atoms with Crippen LogP contribution in [0, 0.1) is 6.92 Å². The van der Waals surface area contributed by atoms with Gasteiger partial charge in [-0.25, -0.2) is 15.0 Å². The Bertz CT molecular complexity index is 1040. The van der Waals surface area contributed by atoms with E-state index in [0.717, 1.165) is 38.4 Å². The van der Waals surface area contributed by atoms with Gasteiger partial charge in [-0.05, 0) is 32.1 Å². The summed E-state index contributed by atoms with van der Waals surface area (Å²) in [4.78, 5) is 16.8. The van der Waals surface area contributed by atoms with E-state index in [2.05, 4.69) is 63.4 Å². The number of nitrogens with zero attached hydrogens (tertiary/aromatic N) is 3. The minimum absolute atomic E-state index is 0.0645. The van der Waals surface area contributed by atoms with Crippen LogP contribution in [0.1, 0.15) is 132 Å². The van der Waals surface area contributed by atoms with Gasteiger partial charge in [-0.1, -0.05) is 48.5 Å². The zero-order valence-electron chi connectivity index (χ0n) is 23.0. The summed E-state index contributed by atoms with van der Waals surface area (Å²) < 4.78 is 0. The molecule has 0 saturated heterocycles. The first kappa shape index (κ1) is 31.0. The maximum Gasteiger partial charge on any atom is 0.0957 e. The van der Waals surface area contributed by atoms with E-state index in [-0.39, 0.29) is 19.8 Å². The van der Waals surface area contributed by atoms with Crippen LogP contribution >= 0.6 is 34.0 Å². The van der Waals surface area contributed by atoms with E-state index in [1.165, 1.54) is 27.6 Å². The van der Waals surface area contributed by atoms with Crippen molar-refractivity contribution in [3.05, 3.63) is 46.7 Å². The lowest BCUT2D eigenvalue weighted by atomic mass is 10.2. The second-order valence-electron chi connectivity index (χ2n) is 9.91. The molecule has 0 aliphatic heterocycles. The first-order chi connectivity index (χ1) is 17.1. The first-order valence-corrected chi connectivity index (χ1v) is 15.3. The van der Waals surface area contributed by atoms with E-state index in [0.29, 0.717) is 23.7 Å². The van der Waals surface area contributed by atoms with Crippen molar-refractivity contribution < 1.29 is 15.3 Å². The minimum atomic E-state index is 0.0645. The second-order valence-corrected chi connectivity index (χ2v) is 13.3. The van der Waals surface area contributed by atoms with Crippen LogP contribution in [-0.2, 0) is 26.2 Å². The number of rotatable bonds is 8. The fourth-order valence-corrected chi connectivity index (χ4v) is 6.50. The van der Waals surface area contributed by atoms with Crippen LogP contribution in [0.2, 0.25) is 0 Å². The molecule has 3 N–H and O–H groups in total. The Morgan fingerprint density at radius 2 is 1.14 bits per heavy atom. The van der Waals surface area contributed by atoms with Crippen LogP contribution in [0.15, 0.2) is 0 Å². The number of aliphatic hydroxyl groups excluding tert-OH is 3. The van der Waals surface area contributed by atoms with Gasteiger partial charge in [0.2, 0.25) is 0 Å². The lowest BCUT2D eigenvalue weighted by Gasteiger charge is -1.95. The number of aliphatic hydroxyl groups is 3. The Morgan fingerprint density at radius 1 is 0.694 bits per heavy atom. The highest BCUT2D eigenvalue weighted by molar-refractivity contribution is 7.12. The Morgan fingerprint density at radius 3 is 1.50 bits per heavy atom. The molecule has 1 aliphatic rings. The van der Waals surface area contributed by atoms with Crippen LogP contribution in [0.5, 0.6) is 0 Å². The molecular weight excluding hydrogens is 511 g/mol. The van der Waals surface area contributed by atoms with Gasteiger partial charge in [0.05, 0.1) is 51.9 Å². The van der Waals surface area contributed by atoms with Gasteiger partial charge >= 0.3 is 0 Å². The maximum absolute atomic E-state index is 9.13. The summed E-state index contributed by atoms with van der Waals surface area (Å²) in [5.74, 6) is 2.15. The van der Waals surface area contributed by atoms with Gasteiger partial charge in [0.25, 0.3) is 0 Å². The topological polar surface area (TPSA) is 99.4 Å². The van der Waals surface area contributed by atoms with Gasteiger partial charge in [-0.2, -0.15) is 0 Å². The number of aryl methyl sites for hydroxylation is 2. The minimum Gasteiger partial charge on any atom is -0.390 e. The van der Waals surface area contributed by atoms with Crippen molar-refractivity contribution in [2.45, 2.75) is 118 Å². The highest BCUT2D eigenvalue weighted by Crippen LogP contribution is 2.45. The Labute approximate surface area is 228 Å². The van der Waals surface area contributed by atoms with Gasteiger partial charge < -0.3 is 15.3 Å². The van der Waals surface area contributed by atoms with Gasteiger partial charge in [0, 0.05) is 32.4 Å². The molecule has 0 atom stereocenters. The predicted molar refractivity (Wildman–Crippen MR) is 152 cm³/mol. The van der Waals surface area contributed by atoms with Crippen molar-refractivity contribution in [1.82, 2.24) is 15.0 Å². The summed E-state index contributed by atoms with van der Waals surface area (Å²) in [6.07, 6.45) is 3.54. The lowest BCUT2D eigenvalue weighted by molar-refractivity contribution is 0.276. The molecule has 202 valence electrons. The molecular formula is C27H43N3O3S3. The number of hydrogen-bond acceptors (Lipinski definition) is 9. The molecule has 3 heterocycles. The molecule has 0 aromatic carbocycles. The van der Waals surface area contributed by atoms with E-state index < -0.39 is 0 Å². The second kappa shape index (κ2) is 14.6. The Hall–Kier alpha value is -1.23. The lowest BCUT2D eigenvalue weighted by Crippen LogP contribution is -1.90. The summed E-state index contributed by atoms with van der Waals surface area (Å²) in [7, 11) is 0. The van der Waals surface area contributed by atoms with Crippen molar-refractivity contribution in [2.75, 3.05) is 0 Å². The fourth-order valence-electron chi connectivity index (χ4n) is 3.30. The zero-order chi connectivity index (χ0) is 27.0. The Balaban J connectivity index is 0.000000191. The van der Waals surface area contributed by atoms with E-state index in [4.69, 9.17) is 15.3 Å². The summed E-state index contributed by atoms with van der Waals surface area (Å²) in [6, 6.07) is 0. The average Bonchev–Trinajstić information content (AvgIpc) is 3.29. The predicted octanol–water partition coefficient (Wildman–Crippen LogP) is 7.02. The smallest absolute Gasteiger partial charge is 0.0957 e. The normalized spacial score (nSPS) is 13.2. The standard InChI is InChI=1S/C10H15NOS.C9H15NOS.C8H13NOS/c1-6(2)10-11-8(5-12)9(13-10)7-3-4-7;1-4-8-7(5-11)10-9(12-8)6(2)3;1-5(2)8-9-7(4-10)6(3)11-8/h6-7,12H,3-5H2,1-2H3;6,11H,4-5H2,1-3H3;5,10H,4H2,1-3H3. The maximum atomic E-state index is 9.13. The largest absolute Gasteiger partial charge is 0.390 e. The Kier molecular flexibility index (Phi) is 12.6. The molecule has 6 nitrogen and oxygen atoms in total. The molecule has 1 saturated carbocycles. The number of hydrogen-bond donors (Lipinski definition) is 3. The molecule has 3 aromatic heterocycles. The van der Waals surface area contributed by atoms with Gasteiger partial charge in [0.15, 0.2) is 0 Å². The molecule has 0 unspecified atom stereocenters. The van der Waals surface area contributed by atoms with Crippen LogP contribution in [0.4, 0.5) is 0 Å². The van der Waals surface area contributed by atoms with Crippen molar-refractivity contribution in [3.8, 4) is 0 Å². The van der Waals surface area contributed by atoms with E-state index in [1.54, 1.807) is 34.0 Å². The monoisotopic (exact) mass is 553 g/mol. The van der Waals surface area contributed by atoms with Gasteiger partial charge in [-0.3, -0.25) is 0 Å². The highest BCUT2D eigenvalue weighted by Gasteiger charge is 2.29. The summed E-state index contributed by atoms with van der Waals surface area (Å²) >= 11 is 5.19. The quantitative estimate of drug-likeness (QED) is 0.277. The molecule has 36 heavy (non-hydrogen) atoms. The average molecular weight is 554 g/mol. The number of thiazole rings is 3. The first-order valence-electron chi connectivity index (χ1n) is 12.8. The summed E-state index contributed by atoms with van der Waals surface area (Å²) in [5.41, 5.74) is 2.63.